The van der Waals surface area contributed by atoms with Crippen LogP contribution in [0.25, 0.3) is 0 Å². The number of nitrogens with zero attached hydrogens (tertiary/aromatic N) is 2. The van der Waals surface area contributed by atoms with Crippen LogP contribution in [-0.2, 0) is 0 Å². The van der Waals surface area contributed by atoms with Crippen molar-refractivity contribution in [2.45, 2.75) is 39.5 Å². The Morgan fingerprint density at radius 2 is 1.68 bits per heavy atom. The third-order valence-electron chi connectivity index (χ3n) is 3.58. The van der Waals surface area contributed by atoms with Crippen LogP contribution < -0.4 is 0 Å². The van der Waals surface area contributed by atoms with Crippen molar-refractivity contribution in [2.75, 3.05) is 0 Å². The summed E-state index contributed by atoms with van der Waals surface area (Å²) in [6, 6.07) is 12.3. The van der Waals surface area contributed by atoms with Crippen molar-refractivity contribution < 1.29 is 0 Å². The van der Waals surface area contributed by atoms with Crippen LogP contribution >= 0.6 is 15.9 Å². The summed E-state index contributed by atoms with van der Waals surface area (Å²) < 4.78 is 1.01. The molecule has 1 atom stereocenters. The van der Waals surface area contributed by atoms with E-state index < -0.39 is 5.92 Å². The molecule has 0 heterocycles. The van der Waals surface area contributed by atoms with E-state index in [-0.39, 0.29) is 11.3 Å². The van der Waals surface area contributed by atoms with Gasteiger partial charge in [0.15, 0.2) is 0 Å². The Kier molecular flexibility index (Phi) is 5.58. The molecule has 0 aliphatic carbocycles. The predicted molar refractivity (Wildman–Crippen MR) is 80.3 cm³/mol. The lowest BCUT2D eigenvalue weighted by Gasteiger charge is -2.35. The average molecular weight is 319 g/mol. The summed E-state index contributed by atoms with van der Waals surface area (Å²) in [7, 11) is 0. The molecule has 0 amide bonds. The molecule has 1 aromatic carbocycles. The van der Waals surface area contributed by atoms with E-state index in [0.717, 1.165) is 22.9 Å². The minimum absolute atomic E-state index is 0.0597. The number of benzene rings is 1. The molecule has 1 aromatic rings. The SMILES string of the molecule is CCCC(C)(C)C(c1ccc(Br)cc1)C(C#N)C#N. The highest BCUT2D eigenvalue weighted by molar-refractivity contribution is 9.10. The van der Waals surface area contributed by atoms with Crippen molar-refractivity contribution >= 4 is 15.9 Å². The number of nitriles is 2. The van der Waals surface area contributed by atoms with Crippen molar-refractivity contribution in [1.82, 2.24) is 0 Å². The molecule has 2 nitrogen and oxygen atoms in total. The summed E-state index contributed by atoms with van der Waals surface area (Å²) >= 11 is 3.42. The van der Waals surface area contributed by atoms with Gasteiger partial charge in [0.05, 0.1) is 12.1 Å². The lowest BCUT2D eigenvalue weighted by Crippen LogP contribution is -2.27. The molecule has 19 heavy (non-hydrogen) atoms. The summed E-state index contributed by atoms with van der Waals surface area (Å²) in [5.41, 5.74) is 0.994. The van der Waals surface area contributed by atoms with E-state index in [1.807, 2.05) is 24.3 Å². The molecule has 0 fully saturated rings. The number of hydrogen-bond donors (Lipinski definition) is 0. The highest BCUT2D eigenvalue weighted by Gasteiger charge is 2.36. The third kappa shape index (κ3) is 3.82. The lowest BCUT2D eigenvalue weighted by molar-refractivity contribution is 0.239. The Bertz CT molecular complexity index is 477. The van der Waals surface area contributed by atoms with Gasteiger partial charge < -0.3 is 0 Å². The van der Waals surface area contributed by atoms with E-state index in [4.69, 9.17) is 0 Å². The summed E-state index contributed by atoms with van der Waals surface area (Å²) in [6.07, 6.45) is 2.04. The largest absolute Gasteiger partial charge is 0.197 e. The van der Waals surface area contributed by atoms with E-state index in [1.54, 1.807) is 0 Å². The predicted octanol–water partition coefficient (Wildman–Crippen LogP) is 5.02. The zero-order chi connectivity index (χ0) is 14.5. The molecule has 0 N–H and O–H groups in total. The molecule has 1 unspecified atom stereocenters. The second kappa shape index (κ2) is 6.73. The minimum atomic E-state index is -0.609. The van der Waals surface area contributed by atoms with Crippen molar-refractivity contribution in [3.8, 4) is 12.1 Å². The second-order valence-corrected chi connectivity index (χ2v) is 6.42. The molecule has 100 valence electrons. The van der Waals surface area contributed by atoms with E-state index in [1.165, 1.54) is 0 Å². The summed E-state index contributed by atoms with van der Waals surface area (Å²) in [5, 5.41) is 18.5. The van der Waals surface area contributed by atoms with Crippen LogP contribution in [0.1, 0.15) is 45.1 Å². The first-order valence-electron chi connectivity index (χ1n) is 6.51. The van der Waals surface area contributed by atoms with Gasteiger partial charge in [-0.15, -0.1) is 0 Å². The maximum absolute atomic E-state index is 9.26. The lowest BCUT2D eigenvalue weighted by atomic mass is 9.67. The molecular weight excluding hydrogens is 300 g/mol. The zero-order valence-electron chi connectivity index (χ0n) is 11.7. The number of hydrogen-bond acceptors (Lipinski definition) is 2. The van der Waals surface area contributed by atoms with Crippen LogP contribution in [-0.4, -0.2) is 0 Å². The molecular formula is C16H19BrN2. The Hall–Kier alpha value is -1.32. The molecule has 1 rings (SSSR count). The molecule has 0 spiro atoms. The first-order chi connectivity index (χ1) is 8.96. The summed E-state index contributed by atoms with van der Waals surface area (Å²) in [4.78, 5) is 0. The van der Waals surface area contributed by atoms with Gasteiger partial charge in [-0.1, -0.05) is 55.3 Å². The second-order valence-electron chi connectivity index (χ2n) is 5.50. The van der Waals surface area contributed by atoms with Crippen molar-refractivity contribution in [3.63, 3.8) is 0 Å². The van der Waals surface area contributed by atoms with E-state index in [0.29, 0.717) is 0 Å². The van der Waals surface area contributed by atoms with Crippen LogP contribution in [0.2, 0.25) is 0 Å². The molecule has 0 saturated heterocycles. The molecule has 0 bridgehead atoms. The molecule has 0 aliphatic heterocycles. The first-order valence-corrected chi connectivity index (χ1v) is 7.30. The minimum Gasteiger partial charge on any atom is -0.197 e. The average Bonchev–Trinajstić information content (AvgIpc) is 2.37. The van der Waals surface area contributed by atoms with Crippen molar-refractivity contribution in [2.24, 2.45) is 11.3 Å². The third-order valence-corrected chi connectivity index (χ3v) is 4.11. The summed E-state index contributed by atoms with van der Waals surface area (Å²) in [6.45, 7) is 6.42. The van der Waals surface area contributed by atoms with Gasteiger partial charge in [-0.3, -0.25) is 0 Å². The number of halogens is 1. The quantitative estimate of drug-likeness (QED) is 0.765. The van der Waals surface area contributed by atoms with E-state index in [2.05, 4.69) is 48.8 Å². The monoisotopic (exact) mass is 318 g/mol. The van der Waals surface area contributed by atoms with Gasteiger partial charge in [-0.05, 0) is 29.5 Å². The van der Waals surface area contributed by atoms with Gasteiger partial charge in [0.2, 0.25) is 0 Å². The Morgan fingerprint density at radius 3 is 2.11 bits per heavy atom. The van der Waals surface area contributed by atoms with Crippen LogP contribution in [0, 0.1) is 34.0 Å². The Balaban J connectivity index is 3.24. The van der Waals surface area contributed by atoms with Gasteiger partial charge in [0.1, 0.15) is 5.92 Å². The highest BCUT2D eigenvalue weighted by Crippen LogP contribution is 2.44. The number of rotatable bonds is 5. The molecule has 0 aliphatic rings. The first kappa shape index (κ1) is 15.7. The fourth-order valence-electron chi connectivity index (χ4n) is 2.74. The fourth-order valence-corrected chi connectivity index (χ4v) is 3.01. The molecule has 0 aromatic heterocycles. The molecule has 0 saturated carbocycles. The standard InChI is InChI=1S/C16H19BrN2/c1-4-9-16(2,3)15(13(10-18)11-19)12-5-7-14(17)8-6-12/h5-8,13,15H,4,9H2,1-3H3. The molecule has 3 heteroatoms. The topological polar surface area (TPSA) is 47.6 Å². The maximum atomic E-state index is 9.26. The van der Waals surface area contributed by atoms with Crippen LogP contribution in [0.15, 0.2) is 28.7 Å². The van der Waals surface area contributed by atoms with E-state index >= 15 is 0 Å². The van der Waals surface area contributed by atoms with Crippen LogP contribution in [0.5, 0.6) is 0 Å². The van der Waals surface area contributed by atoms with Gasteiger partial charge in [0, 0.05) is 10.4 Å². The highest BCUT2D eigenvalue weighted by atomic mass is 79.9. The zero-order valence-corrected chi connectivity index (χ0v) is 13.2. The maximum Gasteiger partial charge on any atom is 0.140 e. The van der Waals surface area contributed by atoms with Crippen LogP contribution in [0.3, 0.4) is 0 Å². The van der Waals surface area contributed by atoms with Gasteiger partial charge in [-0.25, -0.2) is 0 Å². The van der Waals surface area contributed by atoms with Crippen molar-refractivity contribution in [3.05, 3.63) is 34.3 Å². The van der Waals surface area contributed by atoms with Crippen molar-refractivity contribution in [1.29, 1.82) is 10.5 Å². The fraction of sp³-hybridized carbons (Fsp3) is 0.500. The molecule has 0 radical (unpaired) electrons. The van der Waals surface area contributed by atoms with Crippen LogP contribution in [0.4, 0.5) is 0 Å². The Morgan fingerprint density at radius 1 is 1.16 bits per heavy atom. The van der Waals surface area contributed by atoms with Gasteiger partial charge in [-0.2, -0.15) is 10.5 Å². The van der Waals surface area contributed by atoms with Gasteiger partial charge in [0.25, 0.3) is 0 Å². The normalized spacial score (nSPS) is 12.8. The van der Waals surface area contributed by atoms with E-state index in [9.17, 15) is 10.5 Å². The smallest absolute Gasteiger partial charge is 0.140 e. The Labute approximate surface area is 124 Å². The summed E-state index contributed by atoms with van der Waals surface area (Å²) in [5.74, 6) is -0.668. The van der Waals surface area contributed by atoms with Gasteiger partial charge >= 0.3 is 0 Å².